The van der Waals surface area contributed by atoms with Crippen LogP contribution in [0.1, 0.15) is 5.82 Å². The molecule has 13 heavy (non-hydrogen) atoms. The second kappa shape index (κ2) is 3.68. The van der Waals surface area contributed by atoms with Crippen molar-refractivity contribution in [2.75, 3.05) is 11.1 Å². The maximum atomic E-state index is 10.6. The lowest BCUT2D eigenvalue weighted by molar-refractivity contribution is 0.163. The summed E-state index contributed by atoms with van der Waals surface area (Å²) in [4.78, 5) is 22.2. The second-order valence-corrected chi connectivity index (χ2v) is 2.26. The van der Waals surface area contributed by atoms with Gasteiger partial charge >= 0.3 is 6.09 Å². The molecular weight excluding hydrogens is 174 g/mol. The van der Waals surface area contributed by atoms with Gasteiger partial charge in [-0.1, -0.05) is 0 Å². The van der Waals surface area contributed by atoms with Crippen molar-refractivity contribution in [2.45, 2.75) is 6.92 Å². The molecule has 0 aliphatic heterocycles. The van der Waals surface area contributed by atoms with Crippen molar-refractivity contribution in [3.8, 4) is 0 Å². The zero-order valence-corrected chi connectivity index (χ0v) is 6.94. The zero-order chi connectivity index (χ0) is 9.84. The Morgan fingerprint density at radius 2 is 2.31 bits per heavy atom. The fraction of sp³-hybridized carbons (Fsp3) is 0.167. The molecule has 1 rings (SSSR count). The molecule has 0 saturated heterocycles. The topological polar surface area (TPSA) is 116 Å². The van der Waals surface area contributed by atoms with E-state index in [1.54, 1.807) is 6.92 Å². The van der Waals surface area contributed by atoms with Crippen LogP contribution in [0.2, 0.25) is 0 Å². The van der Waals surface area contributed by atoms with Gasteiger partial charge < -0.3 is 10.6 Å². The second-order valence-electron chi connectivity index (χ2n) is 2.26. The van der Waals surface area contributed by atoms with Crippen molar-refractivity contribution < 1.29 is 9.63 Å². The number of rotatable bonds is 1. The highest BCUT2D eigenvalue weighted by Crippen LogP contribution is 2.07. The molecule has 0 fully saturated rings. The summed E-state index contributed by atoms with van der Waals surface area (Å²) in [6.07, 6.45) is -0.808. The molecule has 0 radical (unpaired) electrons. The van der Waals surface area contributed by atoms with E-state index in [1.165, 1.54) is 6.07 Å². The minimum Gasteiger partial charge on any atom is -0.384 e. The normalized spacial score (nSPS) is 9.38. The molecule has 0 aromatic carbocycles. The summed E-state index contributed by atoms with van der Waals surface area (Å²) in [5.41, 5.74) is 5.40. The molecule has 1 aromatic heterocycles. The van der Waals surface area contributed by atoms with Gasteiger partial charge in [0.25, 0.3) is 0 Å². The van der Waals surface area contributed by atoms with E-state index in [1.807, 2.05) is 0 Å². The van der Waals surface area contributed by atoms with Crippen LogP contribution in [0.25, 0.3) is 0 Å². The molecule has 0 aliphatic carbocycles. The lowest BCUT2D eigenvalue weighted by Crippen LogP contribution is -2.18. The summed E-state index contributed by atoms with van der Waals surface area (Å²) in [6, 6.07) is 1.39. The summed E-state index contributed by atoms with van der Waals surface area (Å²) in [5.74, 6) is 5.57. The standard InChI is InChI=1S/C6H9N5O2/c1-3-9-4(7)2-5(10-3)11-6(12)13-8/h2H,8H2,1H3,(H3,7,9,10,11,12). The number of hydrogen-bond donors (Lipinski definition) is 3. The van der Waals surface area contributed by atoms with E-state index in [2.05, 4.69) is 26.0 Å². The Labute approximate surface area is 74.1 Å². The van der Waals surface area contributed by atoms with Gasteiger partial charge in [0.15, 0.2) is 0 Å². The Morgan fingerprint density at radius 3 is 2.85 bits per heavy atom. The van der Waals surface area contributed by atoms with Crippen LogP contribution < -0.4 is 16.9 Å². The fourth-order valence-corrected chi connectivity index (χ4v) is 0.789. The third kappa shape index (κ3) is 2.56. The van der Waals surface area contributed by atoms with Crippen LogP contribution in [0.5, 0.6) is 0 Å². The maximum Gasteiger partial charge on any atom is 0.431 e. The molecular formula is C6H9N5O2. The highest BCUT2D eigenvalue weighted by atomic mass is 16.7. The van der Waals surface area contributed by atoms with Crippen molar-refractivity contribution >= 4 is 17.7 Å². The zero-order valence-electron chi connectivity index (χ0n) is 6.94. The Bertz CT molecular complexity index is 307. The first-order valence-electron chi connectivity index (χ1n) is 3.40. The molecule has 0 atom stereocenters. The summed E-state index contributed by atoms with van der Waals surface area (Å²) in [5, 5.41) is 2.26. The van der Waals surface area contributed by atoms with Crippen LogP contribution in [0, 0.1) is 6.92 Å². The third-order valence-corrected chi connectivity index (χ3v) is 1.19. The summed E-state index contributed by atoms with van der Waals surface area (Å²) in [6.45, 7) is 1.65. The molecule has 0 spiro atoms. The predicted octanol–water partition coefficient (Wildman–Crippen LogP) is -0.211. The molecule has 7 nitrogen and oxygen atoms in total. The van der Waals surface area contributed by atoms with Crippen LogP contribution in [0.4, 0.5) is 16.4 Å². The van der Waals surface area contributed by atoms with E-state index in [4.69, 9.17) is 5.73 Å². The molecule has 1 aromatic rings. The van der Waals surface area contributed by atoms with Crippen LogP contribution in [0.15, 0.2) is 6.07 Å². The van der Waals surface area contributed by atoms with Crippen molar-refractivity contribution in [2.24, 2.45) is 5.90 Å². The van der Waals surface area contributed by atoms with Gasteiger partial charge in [0.2, 0.25) is 0 Å². The number of aromatic nitrogens is 2. The van der Waals surface area contributed by atoms with Gasteiger partial charge in [-0.15, -0.1) is 0 Å². The summed E-state index contributed by atoms with van der Waals surface area (Å²) in [7, 11) is 0. The lowest BCUT2D eigenvalue weighted by Gasteiger charge is -2.03. The third-order valence-electron chi connectivity index (χ3n) is 1.19. The number of nitrogens with one attached hydrogen (secondary N) is 1. The fourth-order valence-electron chi connectivity index (χ4n) is 0.789. The first-order valence-corrected chi connectivity index (χ1v) is 3.40. The quantitative estimate of drug-likeness (QED) is 0.518. The van der Waals surface area contributed by atoms with Gasteiger partial charge in [-0.3, -0.25) is 5.32 Å². The molecule has 0 aliphatic rings. The van der Waals surface area contributed by atoms with Crippen LogP contribution in [-0.2, 0) is 4.84 Å². The molecule has 70 valence electrons. The van der Waals surface area contributed by atoms with Crippen molar-refractivity contribution in [3.63, 3.8) is 0 Å². The van der Waals surface area contributed by atoms with Crippen LogP contribution >= 0.6 is 0 Å². The average Bonchev–Trinajstić information content (AvgIpc) is 2.02. The SMILES string of the molecule is Cc1nc(N)cc(NC(=O)ON)n1. The van der Waals surface area contributed by atoms with Crippen LogP contribution in [0.3, 0.4) is 0 Å². The molecule has 1 amide bonds. The van der Waals surface area contributed by atoms with E-state index < -0.39 is 6.09 Å². The highest BCUT2D eigenvalue weighted by molar-refractivity contribution is 5.83. The highest BCUT2D eigenvalue weighted by Gasteiger charge is 2.03. The molecule has 1 heterocycles. The van der Waals surface area contributed by atoms with E-state index in [0.29, 0.717) is 5.82 Å². The van der Waals surface area contributed by atoms with E-state index >= 15 is 0 Å². The Kier molecular flexibility index (Phi) is 2.60. The number of carbonyl (C=O) groups is 1. The van der Waals surface area contributed by atoms with Gasteiger partial charge in [-0.25, -0.2) is 14.8 Å². The van der Waals surface area contributed by atoms with Gasteiger partial charge in [0.05, 0.1) is 0 Å². The van der Waals surface area contributed by atoms with Gasteiger partial charge in [-0.2, -0.15) is 5.90 Å². The summed E-state index contributed by atoms with van der Waals surface area (Å²) >= 11 is 0. The number of anilines is 2. The van der Waals surface area contributed by atoms with Gasteiger partial charge in [0, 0.05) is 6.07 Å². The van der Waals surface area contributed by atoms with Gasteiger partial charge in [-0.05, 0) is 6.92 Å². The van der Waals surface area contributed by atoms with Crippen molar-refractivity contribution in [1.29, 1.82) is 0 Å². The number of nitrogen functional groups attached to an aromatic ring is 1. The largest absolute Gasteiger partial charge is 0.431 e. The van der Waals surface area contributed by atoms with Crippen LogP contribution in [-0.4, -0.2) is 16.1 Å². The molecule has 5 N–H and O–H groups in total. The predicted molar refractivity (Wildman–Crippen MR) is 45.5 cm³/mol. The number of nitrogens with zero attached hydrogens (tertiary/aromatic N) is 2. The number of aryl methyl sites for hydroxylation is 1. The number of nitrogens with two attached hydrogens (primary N) is 2. The van der Waals surface area contributed by atoms with Crippen molar-refractivity contribution in [1.82, 2.24) is 9.97 Å². The Morgan fingerprint density at radius 1 is 1.62 bits per heavy atom. The van der Waals surface area contributed by atoms with Crippen molar-refractivity contribution in [3.05, 3.63) is 11.9 Å². The average molecular weight is 183 g/mol. The monoisotopic (exact) mass is 183 g/mol. The maximum absolute atomic E-state index is 10.6. The minimum atomic E-state index is -0.808. The summed E-state index contributed by atoms with van der Waals surface area (Å²) < 4.78 is 0. The lowest BCUT2D eigenvalue weighted by atomic mass is 10.5. The van der Waals surface area contributed by atoms with Gasteiger partial charge in [0.1, 0.15) is 17.5 Å². The number of amides is 1. The smallest absolute Gasteiger partial charge is 0.384 e. The molecule has 0 bridgehead atoms. The minimum absolute atomic E-state index is 0.250. The van der Waals surface area contributed by atoms with E-state index in [0.717, 1.165) is 0 Å². The molecule has 0 saturated carbocycles. The van der Waals surface area contributed by atoms with E-state index in [9.17, 15) is 4.79 Å². The van der Waals surface area contributed by atoms with E-state index in [-0.39, 0.29) is 11.6 Å². The Hall–Kier alpha value is -1.89. The molecule has 7 heteroatoms. The number of carbonyl (C=O) groups excluding carboxylic acids is 1. The number of hydrogen-bond acceptors (Lipinski definition) is 6. The molecule has 0 unspecified atom stereocenters. The first-order chi connectivity index (χ1) is 6.11. The first kappa shape index (κ1) is 9.20. The Balaban J connectivity index is 2.83.